The SMILES string of the molecule is CCSc1ccc(C2NNC(C)C2N)cc1. The molecular formula is C12H19N3S. The maximum absolute atomic E-state index is 6.12. The minimum Gasteiger partial charge on any atom is -0.325 e. The van der Waals surface area contributed by atoms with Gasteiger partial charge in [-0.2, -0.15) is 0 Å². The van der Waals surface area contributed by atoms with Crippen molar-refractivity contribution >= 4 is 11.8 Å². The molecule has 1 aliphatic rings. The molecule has 1 fully saturated rings. The normalized spacial score (nSPS) is 29.6. The Labute approximate surface area is 101 Å². The number of hydrogen-bond donors (Lipinski definition) is 3. The Balaban J connectivity index is 2.10. The molecular weight excluding hydrogens is 218 g/mol. The number of thioether (sulfide) groups is 1. The molecule has 2 rings (SSSR count). The molecule has 3 unspecified atom stereocenters. The lowest BCUT2D eigenvalue weighted by molar-refractivity contribution is 0.550. The summed E-state index contributed by atoms with van der Waals surface area (Å²) in [5.41, 5.74) is 13.8. The summed E-state index contributed by atoms with van der Waals surface area (Å²) in [5, 5.41) is 0. The predicted molar refractivity (Wildman–Crippen MR) is 69.3 cm³/mol. The summed E-state index contributed by atoms with van der Waals surface area (Å²) < 4.78 is 0. The van der Waals surface area contributed by atoms with E-state index in [0.717, 1.165) is 5.75 Å². The Morgan fingerprint density at radius 1 is 1.25 bits per heavy atom. The van der Waals surface area contributed by atoms with Gasteiger partial charge in [-0.15, -0.1) is 11.8 Å². The van der Waals surface area contributed by atoms with Gasteiger partial charge < -0.3 is 5.73 Å². The summed E-state index contributed by atoms with van der Waals surface area (Å²) in [6, 6.07) is 9.32. The van der Waals surface area contributed by atoms with Crippen LogP contribution < -0.4 is 16.6 Å². The van der Waals surface area contributed by atoms with Crippen LogP contribution in [0.15, 0.2) is 29.2 Å². The van der Waals surface area contributed by atoms with Gasteiger partial charge in [0.25, 0.3) is 0 Å². The molecule has 1 heterocycles. The van der Waals surface area contributed by atoms with Gasteiger partial charge in [0.2, 0.25) is 0 Å². The van der Waals surface area contributed by atoms with Crippen LogP contribution in [0, 0.1) is 0 Å². The monoisotopic (exact) mass is 237 g/mol. The number of nitrogens with two attached hydrogens (primary N) is 1. The summed E-state index contributed by atoms with van der Waals surface area (Å²) in [5.74, 6) is 1.11. The van der Waals surface area contributed by atoms with E-state index in [4.69, 9.17) is 5.73 Å². The van der Waals surface area contributed by atoms with E-state index in [9.17, 15) is 0 Å². The zero-order valence-electron chi connectivity index (χ0n) is 9.73. The minimum absolute atomic E-state index is 0.129. The topological polar surface area (TPSA) is 50.1 Å². The summed E-state index contributed by atoms with van der Waals surface area (Å²) in [7, 11) is 0. The van der Waals surface area contributed by atoms with E-state index in [1.807, 2.05) is 11.8 Å². The van der Waals surface area contributed by atoms with Crippen LogP contribution in [-0.2, 0) is 0 Å². The van der Waals surface area contributed by atoms with Gasteiger partial charge in [-0.05, 0) is 30.4 Å². The first-order valence-corrected chi connectivity index (χ1v) is 6.70. The highest BCUT2D eigenvalue weighted by Gasteiger charge is 2.30. The lowest BCUT2D eigenvalue weighted by atomic mass is 9.98. The standard InChI is InChI=1S/C12H19N3S/c1-3-16-10-6-4-9(5-7-10)12-11(13)8(2)14-15-12/h4-8,11-12,14-15H,3,13H2,1-2H3. The molecule has 1 aromatic carbocycles. The van der Waals surface area contributed by atoms with Crippen LogP contribution >= 0.6 is 11.8 Å². The van der Waals surface area contributed by atoms with Crippen molar-refractivity contribution in [2.24, 2.45) is 5.73 Å². The van der Waals surface area contributed by atoms with Crippen molar-refractivity contribution in [3.05, 3.63) is 29.8 Å². The smallest absolute Gasteiger partial charge is 0.0629 e. The molecule has 0 saturated carbocycles. The Bertz CT molecular complexity index is 339. The van der Waals surface area contributed by atoms with Crippen molar-refractivity contribution in [2.45, 2.75) is 36.9 Å². The van der Waals surface area contributed by atoms with E-state index in [-0.39, 0.29) is 12.1 Å². The van der Waals surface area contributed by atoms with Gasteiger partial charge in [-0.1, -0.05) is 19.1 Å². The Kier molecular flexibility index (Phi) is 3.86. The molecule has 0 spiro atoms. The maximum Gasteiger partial charge on any atom is 0.0629 e. The summed E-state index contributed by atoms with van der Waals surface area (Å²) >= 11 is 1.86. The van der Waals surface area contributed by atoms with Gasteiger partial charge >= 0.3 is 0 Å². The van der Waals surface area contributed by atoms with Crippen molar-refractivity contribution in [1.29, 1.82) is 0 Å². The molecule has 0 amide bonds. The van der Waals surface area contributed by atoms with Gasteiger partial charge in [0.1, 0.15) is 0 Å². The van der Waals surface area contributed by atoms with Crippen LogP contribution in [0.3, 0.4) is 0 Å². The fraction of sp³-hybridized carbons (Fsp3) is 0.500. The quantitative estimate of drug-likeness (QED) is 0.700. The van der Waals surface area contributed by atoms with E-state index in [1.54, 1.807) is 0 Å². The number of rotatable bonds is 3. The van der Waals surface area contributed by atoms with Crippen molar-refractivity contribution in [2.75, 3.05) is 5.75 Å². The fourth-order valence-electron chi connectivity index (χ4n) is 1.95. The van der Waals surface area contributed by atoms with Gasteiger partial charge in [0.05, 0.1) is 6.04 Å². The van der Waals surface area contributed by atoms with Gasteiger partial charge in [0.15, 0.2) is 0 Å². The molecule has 1 saturated heterocycles. The first kappa shape index (κ1) is 11.9. The van der Waals surface area contributed by atoms with Crippen LogP contribution in [0.2, 0.25) is 0 Å². The molecule has 0 aromatic heterocycles. The van der Waals surface area contributed by atoms with E-state index in [2.05, 4.69) is 49.0 Å². The largest absolute Gasteiger partial charge is 0.325 e. The zero-order valence-corrected chi connectivity index (χ0v) is 10.6. The molecule has 88 valence electrons. The summed E-state index contributed by atoms with van der Waals surface area (Å²) in [6.07, 6.45) is 0. The van der Waals surface area contributed by atoms with Crippen LogP contribution in [0.5, 0.6) is 0 Å². The average Bonchev–Trinajstić information content (AvgIpc) is 2.62. The van der Waals surface area contributed by atoms with Crippen LogP contribution in [0.4, 0.5) is 0 Å². The maximum atomic E-state index is 6.12. The van der Waals surface area contributed by atoms with Crippen molar-refractivity contribution < 1.29 is 0 Å². The third-order valence-electron chi connectivity index (χ3n) is 2.98. The third kappa shape index (κ3) is 2.40. The van der Waals surface area contributed by atoms with E-state index < -0.39 is 0 Å². The molecule has 3 nitrogen and oxygen atoms in total. The Morgan fingerprint density at radius 2 is 1.94 bits per heavy atom. The average molecular weight is 237 g/mol. The summed E-state index contributed by atoms with van der Waals surface area (Å²) in [6.45, 7) is 4.26. The van der Waals surface area contributed by atoms with Crippen LogP contribution in [-0.4, -0.2) is 17.8 Å². The van der Waals surface area contributed by atoms with Gasteiger partial charge in [-0.25, -0.2) is 5.43 Å². The number of benzene rings is 1. The van der Waals surface area contributed by atoms with Crippen molar-refractivity contribution in [3.8, 4) is 0 Å². The number of nitrogens with one attached hydrogen (secondary N) is 2. The molecule has 1 aromatic rings. The molecule has 16 heavy (non-hydrogen) atoms. The second kappa shape index (κ2) is 5.19. The lowest BCUT2D eigenvalue weighted by Crippen LogP contribution is -2.35. The molecule has 0 aliphatic carbocycles. The Morgan fingerprint density at radius 3 is 2.44 bits per heavy atom. The van der Waals surface area contributed by atoms with Gasteiger partial charge in [0, 0.05) is 17.0 Å². The zero-order chi connectivity index (χ0) is 11.5. The number of hydrazine groups is 1. The first-order chi connectivity index (χ1) is 7.72. The van der Waals surface area contributed by atoms with Crippen molar-refractivity contribution in [1.82, 2.24) is 10.9 Å². The molecule has 4 heteroatoms. The highest BCUT2D eigenvalue weighted by molar-refractivity contribution is 7.99. The van der Waals surface area contributed by atoms with Gasteiger partial charge in [-0.3, -0.25) is 5.43 Å². The number of hydrogen-bond acceptors (Lipinski definition) is 4. The second-order valence-electron chi connectivity index (χ2n) is 4.13. The van der Waals surface area contributed by atoms with E-state index in [0.29, 0.717) is 6.04 Å². The lowest BCUT2D eigenvalue weighted by Gasteiger charge is -2.16. The first-order valence-electron chi connectivity index (χ1n) is 5.71. The highest BCUT2D eigenvalue weighted by atomic mass is 32.2. The molecule has 3 atom stereocenters. The minimum atomic E-state index is 0.129. The van der Waals surface area contributed by atoms with E-state index in [1.165, 1.54) is 10.5 Å². The summed E-state index contributed by atoms with van der Waals surface area (Å²) in [4.78, 5) is 1.32. The highest BCUT2D eigenvalue weighted by Crippen LogP contribution is 2.24. The molecule has 1 aliphatic heterocycles. The Hall–Kier alpha value is -0.550. The van der Waals surface area contributed by atoms with Crippen LogP contribution in [0.1, 0.15) is 25.5 Å². The third-order valence-corrected chi connectivity index (χ3v) is 3.87. The fourth-order valence-corrected chi connectivity index (χ4v) is 2.61. The van der Waals surface area contributed by atoms with Crippen LogP contribution in [0.25, 0.3) is 0 Å². The second-order valence-corrected chi connectivity index (χ2v) is 5.47. The van der Waals surface area contributed by atoms with Crippen molar-refractivity contribution in [3.63, 3.8) is 0 Å². The predicted octanol–water partition coefficient (Wildman–Crippen LogP) is 1.66. The molecule has 0 bridgehead atoms. The molecule has 0 radical (unpaired) electrons. The molecule has 4 N–H and O–H groups in total. The van der Waals surface area contributed by atoms with E-state index >= 15 is 0 Å².